The van der Waals surface area contributed by atoms with Gasteiger partial charge >= 0.3 is 21.6 Å². The molecule has 0 aromatic heterocycles. The third-order valence-corrected chi connectivity index (χ3v) is 3.21. The van der Waals surface area contributed by atoms with Gasteiger partial charge in [0.25, 0.3) is 0 Å². The van der Waals surface area contributed by atoms with E-state index in [2.05, 4.69) is 9.50 Å². The number of esters is 1. The van der Waals surface area contributed by atoms with Crippen molar-refractivity contribution < 1.29 is 40.1 Å². The number of ether oxygens (including phenoxy) is 1. The van der Waals surface area contributed by atoms with Crippen LogP contribution in [0.1, 0.15) is 27.2 Å². The van der Waals surface area contributed by atoms with E-state index in [0.29, 0.717) is 6.08 Å². The molecule has 11 heteroatoms. The van der Waals surface area contributed by atoms with Gasteiger partial charge in [0.2, 0.25) is 5.91 Å². The van der Waals surface area contributed by atoms with Crippen molar-refractivity contribution in [2.45, 2.75) is 44.3 Å². The Morgan fingerprint density at radius 1 is 1.32 bits per heavy atom. The van der Waals surface area contributed by atoms with Crippen molar-refractivity contribution in [1.29, 1.82) is 0 Å². The van der Waals surface area contributed by atoms with Crippen LogP contribution in [0.2, 0.25) is 0 Å². The van der Waals surface area contributed by atoms with Crippen molar-refractivity contribution in [2.75, 3.05) is 0 Å². The van der Waals surface area contributed by atoms with Gasteiger partial charge in [-0.15, -0.1) is 0 Å². The Hall–Kier alpha value is -1.78. The first-order valence-electron chi connectivity index (χ1n) is 5.96. The predicted octanol–water partition coefficient (Wildman–Crippen LogP) is 0.967. The average molecular weight is 345 g/mol. The fraction of sp³-hybridized carbons (Fsp3) is 0.636. The number of carbonyl (C=O) groups is 2. The summed E-state index contributed by atoms with van der Waals surface area (Å²) in [6.07, 6.45) is -0.0415. The maximum absolute atomic E-state index is 12.2. The maximum atomic E-state index is 12.2. The van der Waals surface area contributed by atoms with Crippen LogP contribution < -0.4 is 5.32 Å². The normalized spacial score (nSPS) is 20.0. The summed E-state index contributed by atoms with van der Waals surface area (Å²) in [6, 6.07) is -1.34. The van der Waals surface area contributed by atoms with E-state index in [4.69, 9.17) is 4.74 Å². The van der Waals surface area contributed by atoms with Crippen molar-refractivity contribution in [2.24, 2.45) is 0 Å². The van der Waals surface area contributed by atoms with Crippen LogP contribution in [0.4, 0.5) is 13.2 Å². The van der Waals surface area contributed by atoms with Crippen LogP contribution in [-0.4, -0.2) is 37.4 Å². The molecule has 22 heavy (non-hydrogen) atoms. The lowest BCUT2D eigenvalue weighted by Crippen LogP contribution is -2.46. The summed E-state index contributed by atoms with van der Waals surface area (Å²) in [5.74, 6) is -2.68. The molecule has 0 aromatic rings. The lowest BCUT2D eigenvalue weighted by Gasteiger charge is -2.26. The van der Waals surface area contributed by atoms with Gasteiger partial charge in [-0.05, 0) is 20.8 Å². The van der Waals surface area contributed by atoms with Crippen LogP contribution >= 0.6 is 0 Å². The molecule has 126 valence electrons. The minimum absolute atomic E-state index is 0.532. The highest BCUT2D eigenvalue weighted by Gasteiger charge is 2.49. The molecule has 0 unspecified atom stereocenters. The molecule has 1 amide bonds. The van der Waals surface area contributed by atoms with Gasteiger partial charge in [0.1, 0.15) is 17.4 Å². The summed E-state index contributed by atoms with van der Waals surface area (Å²) in [7, 11) is -5.91. The van der Waals surface area contributed by atoms with E-state index in [0.717, 1.165) is 0 Å². The minimum Gasteiger partial charge on any atom is -0.458 e. The third-order valence-electron chi connectivity index (χ3n) is 2.21. The average Bonchev–Trinajstić information content (AvgIpc) is 2.23. The first-order valence-corrected chi connectivity index (χ1v) is 7.37. The fourth-order valence-corrected chi connectivity index (χ4v) is 1.92. The zero-order chi connectivity index (χ0) is 17.3. The highest BCUT2D eigenvalue weighted by molar-refractivity contribution is 7.87. The molecule has 0 radical (unpaired) electrons. The standard InChI is InChI=1S/C11H14F3NO6S/c1-10(2,3)20-9(17)7-4-6(5-8(16)15-7)21-22(18,19)11(12,13)14/h5,7H,4H2,1-3H3,(H,15,16)/t7-/m0/s1. The number of rotatable bonds is 3. The Kier molecular flexibility index (Phi) is 4.80. The van der Waals surface area contributed by atoms with Crippen molar-refractivity contribution in [3.05, 3.63) is 11.8 Å². The second kappa shape index (κ2) is 5.78. The summed E-state index contributed by atoms with van der Waals surface area (Å²) in [6.45, 7) is 4.66. The first kappa shape index (κ1) is 18.3. The fourth-order valence-electron chi connectivity index (χ4n) is 1.43. The molecule has 1 aliphatic rings. The van der Waals surface area contributed by atoms with Crippen LogP contribution in [0.5, 0.6) is 0 Å². The molecule has 0 saturated heterocycles. The van der Waals surface area contributed by atoms with E-state index < -0.39 is 51.3 Å². The van der Waals surface area contributed by atoms with E-state index in [9.17, 15) is 31.2 Å². The second-order valence-electron chi connectivity index (χ2n) is 5.39. The smallest absolute Gasteiger partial charge is 0.458 e. The molecule has 0 aromatic carbocycles. The number of alkyl halides is 3. The quantitative estimate of drug-likeness (QED) is 0.465. The lowest BCUT2D eigenvalue weighted by molar-refractivity contribution is -0.158. The lowest BCUT2D eigenvalue weighted by atomic mass is 10.1. The predicted molar refractivity (Wildman–Crippen MR) is 66.5 cm³/mol. The monoisotopic (exact) mass is 345 g/mol. The number of hydrogen-bond acceptors (Lipinski definition) is 6. The second-order valence-corrected chi connectivity index (χ2v) is 6.93. The van der Waals surface area contributed by atoms with Crippen LogP contribution in [0.15, 0.2) is 11.8 Å². The summed E-state index contributed by atoms with van der Waals surface area (Å²) < 4.78 is 67.3. The Labute approximate surface area is 124 Å². The first-order chi connectivity index (χ1) is 9.71. The van der Waals surface area contributed by atoms with E-state index in [1.165, 1.54) is 0 Å². The van der Waals surface area contributed by atoms with E-state index in [1.807, 2.05) is 0 Å². The van der Waals surface area contributed by atoms with Gasteiger partial charge in [-0.2, -0.15) is 21.6 Å². The summed E-state index contributed by atoms with van der Waals surface area (Å²) in [5, 5.41) is 2.15. The number of amides is 1. The molecular weight excluding hydrogens is 331 g/mol. The SMILES string of the molecule is CC(C)(C)OC(=O)[C@@H]1CC(OS(=O)(=O)C(F)(F)F)=CC(=O)N1. The largest absolute Gasteiger partial charge is 0.534 e. The molecule has 0 bridgehead atoms. The van der Waals surface area contributed by atoms with E-state index in [-0.39, 0.29) is 0 Å². The van der Waals surface area contributed by atoms with Crippen molar-refractivity contribution in [3.63, 3.8) is 0 Å². The summed E-state index contributed by atoms with van der Waals surface area (Å²) in [4.78, 5) is 23.1. The van der Waals surface area contributed by atoms with Crippen molar-refractivity contribution in [3.8, 4) is 0 Å². The zero-order valence-electron chi connectivity index (χ0n) is 11.9. The molecular formula is C11H14F3NO6S. The molecule has 0 aliphatic carbocycles. The van der Waals surface area contributed by atoms with E-state index >= 15 is 0 Å². The summed E-state index contributed by atoms with van der Waals surface area (Å²) >= 11 is 0. The minimum atomic E-state index is -5.91. The highest BCUT2D eigenvalue weighted by atomic mass is 32.2. The number of carbonyl (C=O) groups excluding carboxylic acids is 2. The number of halogens is 3. The van der Waals surface area contributed by atoms with Gasteiger partial charge in [-0.3, -0.25) is 4.79 Å². The zero-order valence-corrected chi connectivity index (χ0v) is 12.7. The van der Waals surface area contributed by atoms with Crippen molar-refractivity contribution >= 4 is 22.0 Å². The van der Waals surface area contributed by atoms with Crippen molar-refractivity contribution in [1.82, 2.24) is 5.32 Å². The number of nitrogens with one attached hydrogen (secondary N) is 1. The van der Waals surface area contributed by atoms with Crippen LogP contribution in [0.3, 0.4) is 0 Å². The Morgan fingerprint density at radius 3 is 2.32 bits per heavy atom. The van der Waals surface area contributed by atoms with Gasteiger partial charge in [-0.25, -0.2) is 4.79 Å². The Morgan fingerprint density at radius 2 is 1.86 bits per heavy atom. The van der Waals surface area contributed by atoms with Crippen LogP contribution in [0, 0.1) is 0 Å². The van der Waals surface area contributed by atoms with Gasteiger partial charge in [-0.1, -0.05) is 0 Å². The maximum Gasteiger partial charge on any atom is 0.534 e. The van der Waals surface area contributed by atoms with Gasteiger partial charge in [0.15, 0.2) is 0 Å². The molecule has 7 nitrogen and oxygen atoms in total. The Bertz CT molecular complexity index is 602. The molecule has 1 heterocycles. The topological polar surface area (TPSA) is 98.8 Å². The van der Waals surface area contributed by atoms with Gasteiger partial charge in [0, 0.05) is 12.5 Å². The number of hydrogen-bond donors (Lipinski definition) is 1. The van der Waals surface area contributed by atoms with Gasteiger partial charge in [0.05, 0.1) is 0 Å². The molecule has 1 N–H and O–H groups in total. The third kappa shape index (κ3) is 4.90. The van der Waals surface area contributed by atoms with E-state index in [1.54, 1.807) is 20.8 Å². The Balaban J connectivity index is 2.88. The highest BCUT2D eigenvalue weighted by Crippen LogP contribution is 2.28. The van der Waals surface area contributed by atoms with Crippen LogP contribution in [-0.2, 0) is 28.6 Å². The van der Waals surface area contributed by atoms with Gasteiger partial charge < -0.3 is 14.2 Å². The summed E-state index contributed by atoms with van der Waals surface area (Å²) in [5.41, 5.74) is -6.52. The molecule has 1 rings (SSSR count). The molecule has 0 saturated carbocycles. The van der Waals surface area contributed by atoms with Crippen LogP contribution in [0.25, 0.3) is 0 Å². The molecule has 1 aliphatic heterocycles. The molecule has 0 spiro atoms. The molecule has 0 fully saturated rings. The molecule has 1 atom stereocenters.